The van der Waals surface area contributed by atoms with E-state index >= 15 is 0 Å². The van der Waals surface area contributed by atoms with Gasteiger partial charge in [-0.2, -0.15) is 5.10 Å². The summed E-state index contributed by atoms with van der Waals surface area (Å²) in [5.74, 6) is 0.764. The molecule has 1 atom stereocenters. The van der Waals surface area contributed by atoms with E-state index in [-0.39, 0.29) is 11.8 Å². The number of guanidine groups is 1. The van der Waals surface area contributed by atoms with Crippen LogP contribution in [0.2, 0.25) is 0 Å². The minimum Gasteiger partial charge on any atom is -0.357 e. The number of carbonyl (C=O) groups is 2. The number of piperidine rings is 1. The molecule has 3 amide bonds. The highest BCUT2D eigenvalue weighted by atomic mass is 16.2. The van der Waals surface area contributed by atoms with Crippen LogP contribution >= 0.6 is 0 Å². The van der Waals surface area contributed by atoms with Gasteiger partial charge in [-0.3, -0.25) is 14.8 Å². The molecule has 0 aliphatic carbocycles. The first-order valence-electron chi connectivity index (χ1n) is 9.07. The minimum absolute atomic E-state index is 0.116. The maximum atomic E-state index is 12.1. The van der Waals surface area contributed by atoms with E-state index in [1.807, 2.05) is 31.6 Å². The monoisotopic (exact) mass is 361 g/mol. The maximum absolute atomic E-state index is 12.1. The summed E-state index contributed by atoms with van der Waals surface area (Å²) in [5, 5.41) is 12.7. The van der Waals surface area contributed by atoms with Crippen molar-refractivity contribution in [2.24, 2.45) is 18.0 Å². The molecule has 142 valence electrons. The largest absolute Gasteiger partial charge is 0.357 e. The summed E-state index contributed by atoms with van der Waals surface area (Å²) in [4.78, 5) is 30.6. The fourth-order valence-corrected chi connectivity index (χ4v) is 3.65. The first kappa shape index (κ1) is 18.2. The second kappa shape index (κ2) is 7.35. The van der Waals surface area contributed by atoms with E-state index in [0.717, 1.165) is 44.1 Å². The topological polar surface area (TPSA) is 104 Å². The summed E-state index contributed by atoms with van der Waals surface area (Å²) in [6.07, 6.45) is 3.41. The van der Waals surface area contributed by atoms with Gasteiger partial charge in [0.25, 0.3) is 5.91 Å². The van der Waals surface area contributed by atoms with Crippen molar-refractivity contribution in [1.82, 2.24) is 30.6 Å². The van der Waals surface area contributed by atoms with Crippen LogP contribution in [0.4, 0.5) is 4.79 Å². The molecule has 1 aromatic heterocycles. The van der Waals surface area contributed by atoms with Gasteiger partial charge in [0.2, 0.25) is 0 Å². The molecule has 0 spiro atoms. The molecular weight excluding hydrogens is 334 g/mol. The third-order valence-electron chi connectivity index (χ3n) is 5.33. The van der Waals surface area contributed by atoms with Crippen LogP contribution in [0.5, 0.6) is 0 Å². The molecule has 26 heavy (non-hydrogen) atoms. The van der Waals surface area contributed by atoms with Gasteiger partial charge in [-0.25, -0.2) is 9.79 Å². The van der Waals surface area contributed by atoms with Crippen LogP contribution in [0.1, 0.15) is 32.4 Å². The van der Waals surface area contributed by atoms with E-state index in [9.17, 15) is 9.59 Å². The predicted molar refractivity (Wildman–Crippen MR) is 97.4 cm³/mol. The number of nitrogens with one attached hydrogen (secondary N) is 3. The Morgan fingerprint density at radius 3 is 2.69 bits per heavy atom. The van der Waals surface area contributed by atoms with Gasteiger partial charge >= 0.3 is 6.03 Å². The average Bonchev–Trinajstić information content (AvgIpc) is 3.14. The summed E-state index contributed by atoms with van der Waals surface area (Å²) in [6.45, 7) is 6.80. The van der Waals surface area contributed by atoms with Gasteiger partial charge in [0.1, 0.15) is 5.54 Å². The summed E-state index contributed by atoms with van der Waals surface area (Å²) < 4.78 is 1.82. The lowest BCUT2D eigenvalue weighted by Gasteiger charge is -2.39. The summed E-state index contributed by atoms with van der Waals surface area (Å²) in [5.41, 5.74) is 0.237. The van der Waals surface area contributed by atoms with E-state index in [1.54, 1.807) is 6.20 Å². The summed E-state index contributed by atoms with van der Waals surface area (Å²) in [7, 11) is 1.91. The zero-order chi connectivity index (χ0) is 18.7. The molecule has 3 rings (SSSR count). The molecule has 0 radical (unpaired) electrons. The number of amides is 3. The van der Waals surface area contributed by atoms with Crippen molar-refractivity contribution >= 4 is 17.9 Å². The van der Waals surface area contributed by atoms with E-state index in [0.29, 0.717) is 6.54 Å². The minimum atomic E-state index is -0.812. The number of aliphatic imine (C=N–C) groups is 1. The van der Waals surface area contributed by atoms with Gasteiger partial charge < -0.3 is 15.5 Å². The molecule has 3 heterocycles. The van der Waals surface area contributed by atoms with Crippen molar-refractivity contribution in [1.29, 1.82) is 0 Å². The van der Waals surface area contributed by atoms with Crippen molar-refractivity contribution in [3.8, 4) is 0 Å². The fourth-order valence-electron chi connectivity index (χ4n) is 3.65. The Balaban J connectivity index is 1.64. The van der Waals surface area contributed by atoms with E-state index in [2.05, 4.69) is 25.9 Å². The van der Waals surface area contributed by atoms with Crippen LogP contribution in [-0.2, 0) is 18.4 Å². The number of carbonyl (C=O) groups excluding carboxylic acids is 2. The number of aryl methyl sites for hydroxylation is 1. The molecule has 2 aliphatic rings. The molecule has 9 heteroatoms. The molecule has 3 N–H and O–H groups in total. The Labute approximate surface area is 153 Å². The third kappa shape index (κ3) is 3.51. The van der Waals surface area contributed by atoms with E-state index < -0.39 is 11.6 Å². The van der Waals surface area contributed by atoms with Crippen LogP contribution in [0.3, 0.4) is 0 Å². The second-order valence-corrected chi connectivity index (χ2v) is 6.99. The highest BCUT2D eigenvalue weighted by molar-refractivity contribution is 6.07. The lowest BCUT2D eigenvalue weighted by atomic mass is 9.79. The van der Waals surface area contributed by atoms with Crippen molar-refractivity contribution in [3.63, 3.8) is 0 Å². The Morgan fingerprint density at radius 2 is 2.15 bits per heavy atom. The summed E-state index contributed by atoms with van der Waals surface area (Å²) in [6, 6.07) is 1.56. The van der Waals surface area contributed by atoms with Gasteiger partial charge in [-0.05, 0) is 38.7 Å². The van der Waals surface area contributed by atoms with Gasteiger partial charge in [0, 0.05) is 32.9 Å². The SMILES string of the molecule is CCNC(=NCc1ccnn1C)N1CCC(C2(C)NC(=O)NC2=O)CC1. The lowest BCUT2D eigenvalue weighted by molar-refractivity contribution is -0.125. The summed E-state index contributed by atoms with van der Waals surface area (Å²) >= 11 is 0. The molecule has 2 fully saturated rings. The van der Waals surface area contributed by atoms with Gasteiger partial charge in [0.15, 0.2) is 5.96 Å². The Kier molecular flexibility index (Phi) is 5.15. The number of hydrogen-bond donors (Lipinski definition) is 3. The third-order valence-corrected chi connectivity index (χ3v) is 5.33. The number of aromatic nitrogens is 2. The first-order valence-corrected chi connectivity index (χ1v) is 9.07. The average molecular weight is 361 g/mol. The first-order chi connectivity index (χ1) is 12.4. The number of likely N-dealkylation sites (tertiary alicyclic amines) is 1. The van der Waals surface area contributed by atoms with Crippen LogP contribution in [0.25, 0.3) is 0 Å². The van der Waals surface area contributed by atoms with Crippen molar-refractivity contribution in [2.45, 2.75) is 38.8 Å². The molecule has 2 saturated heterocycles. The standard InChI is InChI=1S/C17H27N7O2/c1-4-18-15(19-11-13-5-8-20-23(13)3)24-9-6-12(7-10-24)17(2)14(25)21-16(26)22-17/h5,8,12H,4,6-7,9-11H2,1-3H3,(H,18,19)(H2,21,22,25,26). The number of imide groups is 1. The zero-order valence-electron chi connectivity index (χ0n) is 15.6. The predicted octanol–water partition coefficient (Wildman–Crippen LogP) is 0.196. The van der Waals surface area contributed by atoms with Crippen molar-refractivity contribution in [3.05, 3.63) is 18.0 Å². The number of rotatable bonds is 4. The molecule has 1 aromatic rings. The highest BCUT2D eigenvalue weighted by Crippen LogP contribution is 2.30. The quantitative estimate of drug-likeness (QED) is 0.404. The van der Waals surface area contributed by atoms with Crippen molar-refractivity contribution in [2.75, 3.05) is 19.6 Å². The van der Waals surface area contributed by atoms with Crippen LogP contribution < -0.4 is 16.0 Å². The zero-order valence-corrected chi connectivity index (χ0v) is 15.6. The molecule has 0 aromatic carbocycles. The normalized spacial score (nSPS) is 24.6. The molecule has 0 bridgehead atoms. The Morgan fingerprint density at radius 1 is 1.42 bits per heavy atom. The second-order valence-electron chi connectivity index (χ2n) is 6.99. The maximum Gasteiger partial charge on any atom is 0.322 e. The van der Waals surface area contributed by atoms with Crippen LogP contribution in [0.15, 0.2) is 17.3 Å². The Bertz CT molecular complexity index is 706. The number of hydrogen-bond acceptors (Lipinski definition) is 4. The van der Waals surface area contributed by atoms with Gasteiger partial charge in [0.05, 0.1) is 12.2 Å². The smallest absolute Gasteiger partial charge is 0.322 e. The molecule has 0 saturated carbocycles. The van der Waals surface area contributed by atoms with Crippen LogP contribution in [0, 0.1) is 5.92 Å². The van der Waals surface area contributed by atoms with E-state index in [1.165, 1.54) is 0 Å². The number of nitrogens with zero attached hydrogens (tertiary/aromatic N) is 4. The molecule has 9 nitrogen and oxygen atoms in total. The van der Waals surface area contributed by atoms with Crippen LogP contribution in [-0.4, -0.2) is 57.8 Å². The van der Waals surface area contributed by atoms with Gasteiger partial charge in [-0.1, -0.05) is 0 Å². The molecule has 2 aliphatic heterocycles. The number of urea groups is 1. The highest BCUT2D eigenvalue weighted by Gasteiger charge is 2.48. The Hall–Kier alpha value is -2.58. The lowest BCUT2D eigenvalue weighted by Crippen LogP contribution is -2.55. The van der Waals surface area contributed by atoms with E-state index in [4.69, 9.17) is 4.99 Å². The molecular formula is C17H27N7O2. The van der Waals surface area contributed by atoms with Gasteiger partial charge in [-0.15, -0.1) is 0 Å². The fraction of sp³-hybridized carbons (Fsp3) is 0.647. The molecule has 1 unspecified atom stereocenters. The van der Waals surface area contributed by atoms with Crippen molar-refractivity contribution < 1.29 is 9.59 Å².